The molecule has 7 nitrogen and oxygen atoms in total. The Morgan fingerprint density at radius 3 is 2.19 bits per heavy atom. The summed E-state index contributed by atoms with van der Waals surface area (Å²) in [5.41, 5.74) is 3.52. The average molecular weight is 444 g/mol. The fourth-order valence-corrected chi connectivity index (χ4v) is 4.40. The molecule has 1 heterocycles. The Labute approximate surface area is 184 Å². The highest BCUT2D eigenvalue weighted by atomic mass is 32.2. The van der Waals surface area contributed by atoms with Crippen molar-refractivity contribution in [2.45, 2.75) is 39.3 Å². The van der Waals surface area contributed by atoms with Crippen LogP contribution in [0.5, 0.6) is 0 Å². The van der Waals surface area contributed by atoms with Gasteiger partial charge in [0.1, 0.15) is 6.54 Å². The summed E-state index contributed by atoms with van der Waals surface area (Å²) in [6, 6.07) is 14.9. The number of amides is 2. The lowest BCUT2D eigenvalue weighted by Crippen LogP contribution is -2.40. The van der Waals surface area contributed by atoms with E-state index in [0.29, 0.717) is 25.2 Å². The first kappa shape index (κ1) is 22.8. The maximum Gasteiger partial charge on any atom is 0.241 e. The molecule has 0 unspecified atom stereocenters. The Hall–Kier alpha value is -2.87. The largest absolute Gasteiger partial charge is 0.350 e. The summed E-state index contributed by atoms with van der Waals surface area (Å²) in [5, 5.41) is 2.78. The van der Waals surface area contributed by atoms with Gasteiger partial charge in [-0.3, -0.25) is 13.9 Å². The van der Waals surface area contributed by atoms with E-state index >= 15 is 0 Å². The van der Waals surface area contributed by atoms with Crippen LogP contribution >= 0.6 is 0 Å². The summed E-state index contributed by atoms with van der Waals surface area (Å²) in [6.45, 7) is 3.45. The van der Waals surface area contributed by atoms with Gasteiger partial charge in [0.25, 0.3) is 0 Å². The third kappa shape index (κ3) is 6.30. The van der Waals surface area contributed by atoms with Crippen molar-refractivity contribution in [1.29, 1.82) is 0 Å². The highest BCUT2D eigenvalue weighted by Crippen LogP contribution is 2.19. The molecule has 0 saturated carbocycles. The Kier molecular flexibility index (Phi) is 7.33. The Morgan fingerprint density at radius 1 is 1.03 bits per heavy atom. The van der Waals surface area contributed by atoms with E-state index in [0.717, 1.165) is 46.6 Å². The topological polar surface area (TPSA) is 86.8 Å². The van der Waals surface area contributed by atoms with E-state index in [2.05, 4.69) is 5.32 Å². The molecule has 1 fully saturated rings. The molecule has 1 aliphatic heterocycles. The van der Waals surface area contributed by atoms with Crippen LogP contribution in [0, 0.1) is 0 Å². The van der Waals surface area contributed by atoms with Crippen molar-refractivity contribution < 1.29 is 18.0 Å². The summed E-state index contributed by atoms with van der Waals surface area (Å²) < 4.78 is 25.5. The van der Waals surface area contributed by atoms with Gasteiger partial charge < -0.3 is 10.2 Å². The zero-order valence-electron chi connectivity index (χ0n) is 18.0. The number of benzene rings is 2. The number of carbonyl (C=O) groups is 2. The molecule has 0 aromatic heterocycles. The van der Waals surface area contributed by atoms with Crippen LogP contribution in [0.15, 0.2) is 48.5 Å². The first-order valence-corrected chi connectivity index (χ1v) is 12.3. The fraction of sp³-hybridized carbons (Fsp3) is 0.391. The van der Waals surface area contributed by atoms with Gasteiger partial charge >= 0.3 is 0 Å². The van der Waals surface area contributed by atoms with Gasteiger partial charge in [-0.1, -0.05) is 43.3 Å². The van der Waals surface area contributed by atoms with Gasteiger partial charge in [-0.2, -0.15) is 0 Å². The van der Waals surface area contributed by atoms with Crippen LogP contribution in [0.1, 0.15) is 36.5 Å². The van der Waals surface area contributed by atoms with Crippen LogP contribution in [0.3, 0.4) is 0 Å². The van der Waals surface area contributed by atoms with E-state index in [9.17, 15) is 18.0 Å². The zero-order chi connectivity index (χ0) is 22.4. The van der Waals surface area contributed by atoms with Crippen molar-refractivity contribution in [1.82, 2.24) is 10.2 Å². The van der Waals surface area contributed by atoms with Crippen LogP contribution in [-0.4, -0.2) is 44.5 Å². The van der Waals surface area contributed by atoms with Gasteiger partial charge in [0.2, 0.25) is 21.8 Å². The number of nitrogens with zero attached hydrogens (tertiary/aromatic N) is 2. The highest BCUT2D eigenvalue weighted by molar-refractivity contribution is 7.92. The molecular formula is C23H29N3O4S. The molecule has 0 bridgehead atoms. The smallest absolute Gasteiger partial charge is 0.241 e. The van der Waals surface area contributed by atoms with Gasteiger partial charge in [-0.05, 0) is 41.7 Å². The number of nitrogens with one attached hydrogen (secondary N) is 1. The number of likely N-dealkylation sites (tertiary alicyclic amines) is 1. The van der Waals surface area contributed by atoms with Crippen LogP contribution in [0.25, 0.3) is 0 Å². The summed E-state index contributed by atoms with van der Waals surface area (Å²) in [5.74, 6) is -0.187. The van der Waals surface area contributed by atoms with Crippen molar-refractivity contribution >= 4 is 27.5 Å². The number of sulfonamides is 1. The molecule has 31 heavy (non-hydrogen) atoms. The van der Waals surface area contributed by atoms with Gasteiger partial charge in [-0.25, -0.2) is 8.42 Å². The lowest BCUT2D eigenvalue weighted by Gasteiger charge is -2.22. The standard InChI is InChI=1S/C23H29N3O4S/c1-3-18-10-12-21(13-11-18)26(31(2,29)30)17-22(27)24-15-19-6-8-20(9-7-19)16-25-14-4-5-23(25)28/h6-13H,3-5,14-17H2,1-2H3,(H,24,27). The highest BCUT2D eigenvalue weighted by Gasteiger charge is 2.21. The first-order valence-electron chi connectivity index (χ1n) is 10.4. The Morgan fingerprint density at radius 2 is 1.65 bits per heavy atom. The third-order valence-electron chi connectivity index (χ3n) is 5.38. The molecular weight excluding hydrogens is 414 g/mol. The second-order valence-electron chi connectivity index (χ2n) is 7.80. The van der Waals surface area contributed by atoms with E-state index in [1.165, 1.54) is 0 Å². The predicted octanol–water partition coefficient (Wildman–Crippen LogP) is 2.45. The molecule has 0 atom stereocenters. The lowest BCUT2D eigenvalue weighted by molar-refractivity contribution is -0.128. The van der Waals surface area contributed by atoms with Crippen LogP contribution < -0.4 is 9.62 Å². The van der Waals surface area contributed by atoms with Crippen molar-refractivity contribution in [3.63, 3.8) is 0 Å². The van der Waals surface area contributed by atoms with Crippen molar-refractivity contribution in [2.75, 3.05) is 23.7 Å². The zero-order valence-corrected chi connectivity index (χ0v) is 18.8. The van der Waals surface area contributed by atoms with Crippen LogP contribution in [0.2, 0.25) is 0 Å². The third-order valence-corrected chi connectivity index (χ3v) is 6.52. The van der Waals surface area contributed by atoms with E-state index in [1.54, 1.807) is 12.1 Å². The van der Waals surface area contributed by atoms with E-state index in [-0.39, 0.29) is 18.4 Å². The monoisotopic (exact) mass is 443 g/mol. The normalized spacial score (nSPS) is 14.0. The average Bonchev–Trinajstić information content (AvgIpc) is 3.15. The van der Waals surface area contributed by atoms with Crippen molar-refractivity contribution in [3.8, 4) is 0 Å². The van der Waals surface area contributed by atoms with Crippen molar-refractivity contribution in [3.05, 3.63) is 65.2 Å². The van der Waals surface area contributed by atoms with Gasteiger partial charge in [-0.15, -0.1) is 0 Å². The van der Waals surface area contributed by atoms with E-state index < -0.39 is 10.0 Å². The molecule has 2 amide bonds. The molecule has 1 aliphatic rings. The second-order valence-corrected chi connectivity index (χ2v) is 9.71. The van der Waals surface area contributed by atoms with Gasteiger partial charge in [0.05, 0.1) is 11.9 Å². The molecule has 2 aromatic rings. The SMILES string of the molecule is CCc1ccc(N(CC(=O)NCc2ccc(CN3CCCC3=O)cc2)S(C)(=O)=O)cc1. The van der Waals surface area contributed by atoms with E-state index in [1.807, 2.05) is 48.2 Å². The summed E-state index contributed by atoms with van der Waals surface area (Å²) in [7, 11) is -3.60. The number of aryl methyl sites for hydroxylation is 1. The number of hydrogen-bond donors (Lipinski definition) is 1. The number of anilines is 1. The minimum atomic E-state index is -3.60. The molecule has 2 aromatic carbocycles. The molecule has 0 spiro atoms. The van der Waals surface area contributed by atoms with Gasteiger partial charge in [0, 0.05) is 26.1 Å². The molecule has 0 radical (unpaired) electrons. The summed E-state index contributed by atoms with van der Waals surface area (Å²) in [6.07, 6.45) is 3.48. The summed E-state index contributed by atoms with van der Waals surface area (Å²) >= 11 is 0. The minimum absolute atomic E-state index is 0.191. The molecule has 166 valence electrons. The first-order chi connectivity index (χ1) is 14.8. The number of hydrogen-bond acceptors (Lipinski definition) is 4. The van der Waals surface area contributed by atoms with Crippen LogP contribution in [-0.2, 0) is 39.1 Å². The maximum absolute atomic E-state index is 12.4. The van der Waals surface area contributed by atoms with Gasteiger partial charge in [0.15, 0.2) is 0 Å². The molecule has 1 N–H and O–H groups in total. The quantitative estimate of drug-likeness (QED) is 0.645. The molecule has 8 heteroatoms. The molecule has 0 aliphatic carbocycles. The Balaban J connectivity index is 1.56. The predicted molar refractivity (Wildman–Crippen MR) is 121 cm³/mol. The number of carbonyl (C=O) groups excluding carboxylic acids is 2. The maximum atomic E-state index is 12.4. The minimum Gasteiger partial charge on any atom is -0.350 e. The second kappa shape index (κ2) is 9.96. The van der Waals surface area contributed by atoms with E-state index in [4.69, 9.17) is 0 Å². The molecule has 3 rings (SSSR count). The molecule has 1 saturated heterocycles. The lowest BCUT2D eigenvalue weighted by atomic mass is 10.1. The summed E-state index contributed by atoms with van der Waals surface area (Å²) in [4.78, 5) is 26.0. The fourth-order valence-electron chi connectivity index (χ4n) is 3.54. The Bertz CT molecular complexity index is 1020. The van der Waals surface area contributed by atoms with Crippen molar-refractivity contribution in [2.24, 2.45) is 0 Å². The van der Waals surface area contributed by atoms with Crippen LogP contribution in [0.4, 0.5) is 5.69 Å². The number of rotatable bonds is 9.